The summed E-state index contributed by atoms with van der Waals surface area (Å²) in [4.78, 5) is 14.4. The number of ketones is 1. The highest BCUT2D eigenvalue weighted by atomic mass is 16.3. The van der Waals surface area contributed by atoms with Crippen molar-refractivity contribution in [3.63, 3.8) is 0 Å². The summed E-state index contributed by atoms with van der Waals surface area (Å²) in [6.07, 6.45) is 1.89. The van der Waals surface area contributed by atoms with Gasteiger partial charge in [-0.05, 0) is 53.5 Å². The van der Waals surface area contributed by atoms with E-state index in [9.17, 15) is 15.2 Å². The molecule has 2 rings (SSSR count). The number of benzene rings is 2. The Bertz CT molecular complexity index is 867. The highest BCUT2D eigenvalue weighted by molar-refractivity contribution is 6.03. The largest absolute Gasteiger partial charge is 0.394 e. The summed E-state index contributed by atoms with van der Waals surface area (Å²) in [5.74, 6) is -0.332. The molecular weight excluding hydrogens is 340 g/mol. The molecule has 0 spiro atoms. The Morgan fingerprint density at radius 1 is 1.26 bits per heavy atom. The van der Waals surface area contributed by atoms with Gasteiger partial charge < -0.3 is 15.1 Å². The predicted molar refractivity (Wildman–Crippen MR) is 108 cm³/mol. The number of hydrogen-bond donors (Lipinski definition) is 2. The molecule has 1 atom stereocenters. The Hall–Kier alpha value is -2.68. The standard InChI is InChI=1S/C22H26N2O3/c1-3-10-24(2)20-7-6-17-11-16(4-5-18(17)13-20)12-19(14-23)22(27)9-8-21(26)15-25/h4-7,11-13,21,25-26H,3,8-10,15H2,1-2H3/b19-12+. The second kappa shape index (κ2) is 9.86. The molecule has 0 heterocycles. The molecule has 1 unspecified atom stereocenters. The zero-order valence-corrected chi connectivity index (χ0v) is 15.9. The monoisotopic (exact) mass is 366 g/mol. The summed E-state index contributed by atoms with van der Waals surface area (Å²) in [5, 5.41) is 29.6. The lowest BCUT2D eigenvalue weighted by Crippen LogP contribution is -2.17. The van der Waals surface area contributed by atoms with Crippen LogP contribution in [0.2, 0.25) is 0 Å². The van der Waals surface area contributed by atoms with E-state index in [1.54, 1.807) is 6.08 Å². The number of carbonyl (C=O) groups is 1. The van der Waals surface area contributed by atoms with Gasteiger partial charge in [0.2, 0.25) is 0 Å². The molecule has 0 bridgehead atoms. The molecule has 5 heteroatoms. The van der Waals surface area contributed by atoms with Crippen molar-refractivity contribution in [3.05, 3.63) is 47.5 Å². The van der Waals surface area contributed by atoms with Gasteiger partial charge in [0.25, 0.3) is 0 Å². The van der Waals surface area contributed by atoms with Crippen molar-refractivity contribution in [1.29, 1.82) is 5.26 Å². The Kier molecular flexibility index (Phi) is 7.54. The van der Waals surface area contributed by atoms with Crippen molar-refractivity contribution in [2.45, 2.75) is 32.3 Å². The lowest BCUT2D eigenvalue weighted by molar-refractivity contribution is -0.115. The zero-order valence-electron chi connectivity index (χ0n) is 15.9. The first kappa shape index (κ1) is 20.6. The highest BCUT2D eigenvalue weighted by Crippen LogP contribution is 2.24. The molecule has 2 aromatic rings. The van der Waals surface area contributed by atoms with Gasteiger partial charge in [0.05, 0.1) is 18.3 Å². The maximum absolute atomic E-state index is 12.2. The van der Waals surface area contributed by atoms with E-state index in [0.717, 1.165) is 35.0 Å². The van der Waals surface area contributed by atoms with Gasteiger partial charge in [0.15, 0.2) is 5.78 Å². The molecule has 0 saturated carbocycles. The fourth-order valence-corrected chi connectivity index (χ4v) is 2.91. The van der Waals surface area contributed by atoms with Crippen LogP contribution >= 0.6 is 0 Å². The molecule has 27 heavy (non-hydrogen) atoms. The van der Waals surface area contributed by atoms with E-state index in [1.807, 2.05) is 30.3 Å². The van der Waals surface area contributed by atoms with Crippen LogP contribution in [0.3, 0.4) is 0 Å². The first-order chi connectivity index (χ1) is 13.0. The smallest absolute Gasteiger partial charge is 0.173 e. The summed E-state index contributed by atoms with van der Waals surface area (Å²) >= 11 is 0. The molecule has 0 aliphatic heterocycles. The van der Waals surface area contributed by atoms with Gasteiger partial charge in [-0.3, -0.25) is 4.79 Å². The van der Waals surface area contributed by atoms with Crippen LogP contribution in [0.4, 0.5) is 5.69 Å². The number of nitrogens with zero attached hydrogens (tertiary/aromatic N) is 2. The van der Waals surface area contributed by atoms with Gasteiger partial charge in [0.1, 0.15) is 6.07 Å². The minimum Gasteiger partial charge on any atom is -0.394 e. The number of rotatable bonds is 9. The Morgan fingerprint density at radius 3 is 2.63 bits per heavy atom. The van der Waals surface area contributed by atoms with Crippen LogP contribution in [0.25, 0.3) is 16.8 Å². The number of anilines is 1. The molecule has 2 aromatic carbocycles. The fraction of sp³-hybridized carbons (Fsp3) is 0.364. The molecule has 5 nitrogen and oxygen atoms in total. The van der Waals surface area contributed by atoms with E-state index < -0.39 is 6.10 Å². The van der Waals surface area contributed by atoms with Crippen molar-refractivity contribution >= 4 is 28.3 Å². The second-order valence-electron chi connectivity index (χ2n) is 6.68. The number of aliphatic hydroxyl groups excluding tert-OH is 2. The van der Waals surface area contributed by atoms with Crippen LogP contribution in [-0.2, 0) is 4.79 Å². The molecular formula is C22H26N2O3. The van der Waals surface area contributed by atoms with Gasteiger partial charge in [-0.25, -0.2) is 0 Å². The number of Topliss-reactive ketones (excluding diaryl/α,β-unsaturated/α-hetero) is 1. The molecule has 0 aliphatic carbocycles. The maximum atomic E-state index is 12.2. The van der Waals surface area contributed by atoms with Crippen LogP contribution in [0.1, 0.15) is 31.7 Å². The van der Waals surface area contributed by atoms with Gasteiger partial charge in [0, 0.05) is 25.7 Å². The summed E-state index contributed by atoms with van der Waals surface area (Å²) < 4.78 is 0. The summed E-state index contributed by atoms with van der Waals surface area (Å²) in [6.45, 7) is 2.75. The van der Waals surface area contributed by atoms with Gasteiger partial charge in [-0.2, -0.15) is 5.26 Å². The zero-order chi connectivity index (χ0) is 19.8. The quantitative estimate of drug-likeness (QED) is 0.525. The molecule has 0 fully saturated rings. The van der Waals surface area contributed by atoms with E-state index in [0.29, 0.717) is 0 Å². The van der Waals surface area contributed by atoms with E-state index in [2.05, 4.69) is 31.0 Å². The average Bonchev–Trinajstić information content (AvgIpc) is 2.69. The number of aliphatic hydroxyl groups is 2. The first-order valence-corrected chi connectivity index (χ1v) is 9.17. The number of carbonyl (C=O) groups excluding carboxylic acids is 1. The molecule has 0 saturated heterocycles. The summed E-state index contributed by atoms with van der Waals surface area (Å²) in [5.41, 5.74) is 1.99. The van der Waals surface area contributed by atoms with Crippen molar-refractivity contribution in [3.8, 4) is 6.07 Å². The molecule has 142 valence electrons. The minimum absolute atomic E-state index is 0.0296. The molecule has 2 N–H and O–H groups in total. The van der Waals surface area contributed by atoms with Crippen LogP contribution in [0.15, 0.2) is 42.0 Å². The minimum atomic E-state index is -0.936. The Labute approximate surface area is 160 Å². The Balaban J connectivity index is 2.22. The van der Waals surface area contributed by atoms with Crippen LogP contribution < -0.4 is 4.90 Å². The number of hydrogen-bond acceptors (Lipinski definition) is 5. The maximum Gasteiger partial charge on any atom is 0.173 e. The van der Waals surface area contributed by atoms with Crippen molar-refractivity contribution < 1.29 is 15.0 Å². The van der Waals surface area contributed by atoms with E-state index >= 15 is 0 Å². The predicted octanol–water partition coefficient (Wildman–Crippen LogP) is 3.30. The van der Waals surface area contributed by atoms with Crippen molar-refractivity contribution in [1.82, 2.24) is 0 Å². The number of allylic oxidation sites excluding steroid dienone is 1. The topological polar surface area (TPSA) is 84.6 Å². The van der Waals surface area contributed by atoms with Gasteiger partial charge >= 0.3 is 0 Å². The lowest BCUT2D eigenvalue weighted by Gasteiger charge is -2.18. The number of fused-ring (bicyclic) bond motifs is 1. The molecule has 0 amide bonds. The second-order valence-corrected chi connectivity index (χ2v) is 6.68. The third-order valence-electron chi connectivity index (χ3n) is 4.49. The normalized spacial score (nSPS) is 12.6. The van der Waals surface area contributed by atoms with Gasteiger partial charge in [-0.15, -0.1) is 0 Å². The lowest BCUT2D eigenvalue weighted by atomic mass is 10.0. The van der Waals surface area contributed by atoms with Crippen molar-refractivity contribution in [2.24, 2.45) is 0 Å². The molecule has 0 aliphatic rings. The van der Waals surface area contributed by atoms with E-state index in [1.165, 1.54) is 0 Å². The highest BCUT2D eigenvalue weighted by Gasteiger charge is 2.12. The molecule has 0 aromatic heterocycles. The summed E-state index contributed by atoms with van der Waals surface area (Å²) in [6, 6.07) is 14.0. The fourth-order valence-electron chi connectivity index (χ4n) is 2.91. The first-order valence-electron chi connectivity index (χ1n) is 9.17. The van der Waals surface area contributed by atoms with Crippen molar-refractivity contribution in [2.75, 3.05) is 25.1 Å². The van der Waals surface area contributed by atoms with E-state index in [4.69, 9.17) is 5.11 Å². The molecule has 0 radical (unpaired) electrons. The number of nitriles is 1. The Morgan fingerprint density at radius 2 is 1.96 bits per heavy atom. The van der Waals surface area contributed by atoms with Crippen LogP contribution in [0.5, 0.6) is 0 Å². The third-order valence-corrected chi connectivity index (χ3v) is 4.49. The average molecular weight is 366 g/mol. The van der Waals surface area contributed by atoms with Gasteiger partial charge in [-0.1, -0.05) is 25.1 Å². The van der Waals surface area contributed by atoms with Crippen LogP contribution in [0, 0.1) is 11.3 Å². The summed E-state index contributed by atoms with van der Waals surface area (Å²) in [7, 11) is 2.07. The SMILES string of the molecule is CCCN(C)c1ccc2cc(/C=C(\C#N)C(=O)CCC(O)CO)ccc2c1. The van der Waals surface area contributed by atoms with Crippen LogP contribution in [-0.4, -0.2) is 42.3 Å². The third kappa shape index (κ3) is 5.65. The van der Waals surface area contributed by atoms with E-state index in [-0.39, 0.29) is 30.8 Å².